The van der Waals surface area contributed by atoms with E-state index >= 15 is 0 Å². The summed E-state index contributed by atoms with van der Waals surface area (Å²) in [5.74, 6) is -5.52. The van der Waals surface area contributed by atoms with Crippen molar-refractivity contribution in [2.75, 3.05) is 0 Å². The maximum atomic E-state index is 13.9. The van der Waals surface area contributed by atoms with E-state index in [1.165, 1.54) is 18.2 Å². The molecule has 0 aromatic heterocycles. The number of allylic oxidation sites excluding steroid dienone is 1. The number of ether oxygens (including phenoxy) is 1. The van der Waals surface area contributed by atoms with Gasteiger partial charge in [0.25, 0.3) is 0 Å². The lowest BCUT2D eigenvalue weighted by atomic mass is 9.61. The van der Waals surface area contributed by atoms with Crippen molar-refractivity contribution in [2.24, 2.45) is 5.41 Å². The zero-order chi connectivity index (χ0) is 28.4. The molecule has 5 atom stereocenters. The van der Waals surface area contributed by atoms with Gasteiger partial charge in [-0.15, -0.1) is 0 Å². The SMILES string of the molecule is Cc1cc(O)c2c(c1)[C@H](O)[C@]13Cc4cc(O)c5c(c4[C@H]1C=CC(O)[C@H]3OC2=O)C(=O)c1c(O)ccc(O)c1C5=O. The second-order valence-corrected chi connectivity index (χ2v) is 10.8. The second-order valence-electron chi connectivity index (χ2n) is 10.8. The van der Waals surface area contributed by atoms with Crippen LogP contribution in [0.5, 0.6) is 23.0 Å². The third kappa shape index (κ3) is 2.76. The van der Waals surface area contributed by atoms with E-state index in [9.17, 15) is 45.0 Å². The number of aliphatic hydroxyl groups is 2. The van der Waals surface area contributed by atoms with Crippen LogP contribution in [0.1, 0.15) is 76.5 Å². The monoisotopic (exact) mass is 542 g/mol. The van der Waals surface area contributed by atoms with Gasteiger partial charge >= 0.3 is 5.97 Å². The van der Waals surface area contributed by atoms with Gasteiger partial charge in [-0.25, -0.2) is 4.79 Å². The number of aromatic hydroxyl groups is 4. The Morgan fingerprint density at radius 1 is 0.775 bits per heavy atom. The van der Waals surface area contributed by atoms with Gasteiger partial charge in [-0.05, 0) is 59.9 Å². The molecule has 0 amide bonds. The van der Waals surface area contributed by atoms with Crippen LogP contribution in [0.15, 0.2) is 42.5 Å². The van der Waals surface area contributed by atoms with Gasteiger partial charge < -0.3 is 35.4 Å². The number of fused-ring (bicyclic) bond motifs is 6. The number of hydrogen-bond acceptors (Lipinski definition) is 10. The van der Waals surface area contributed by atoms with Crippen LogP contribution >= 0.6 is 0 Å². The highest BCUT2D eigenvalue weighted by molar-refractivity contribution is 6.31. The first kappa shape index (κ1) is 24.4. The van der Waals surface area contributed by atoms with Crippen LogP contribution in [0.3, 0.4) is 0 Å². The molecule has 1 heterocycles. The summed E-state index contributed by atoms with van der Waals surface area (Å²) in [4.78, 5) is 40.7. The molecule has 6 N–H and O–H groups in total. The van der Waals surface area contributed by atoms with Gasteiger partial charge in [0.1, 0.15) is 40.8 Å². The van der Waals surface area contributed by atoms with Gasteiger partial charge in [-0.2, -0.15) is 0 Å². The second kappa shape index (κ2) is 7.71. The van der Waals surface area contributed by atoms with Crippen LogP contribution in [0.4, 0.5) is 0 Å². The fraction of sp³-hybridized carbons (Fsp3) is 0.233. The number of hydrogen-bond donors (Lipinski definition) is 6. The van der Waals surface area contributed by atoms with Crippen molar-refractivity contribution in [1.29, 1.82) is 0 Å². The molecular formula is C30H22O10. The number of ketones is 2. The lowest BCUT2D eigenvalue weighted by Crippen LogP contribution is -2.52. The molecule has 40 heavy (non-hydrogen) atoms. The highest BCUT2D eigenvalue weighted by atomic mass is 16.6. The molecule has 10 heteroatoms. The van der Waals surface area contributed by atoms with E-state index in [-0.39, 0.29) is 34.2 Å². The van der Waals surface area contributed by atoms with Crippen molar-refractivity contribution in [3.05, 3.63) is 92.6 Å². The van der Waals surface area contributed by atoms with E-state index in [0.29, 0.717) is 11.1 Å². The lowest BCUT2D eigenvalue weighted by molar-refractivity contribution is -0.119. The van der Waals surface area contributed by atoms with Crippen LogP contribution < -0.4 is 0 Å². The molecule has 3 aromatic rings. The van der Waals surface area contributed by atoms with Crippen LogP contribution in [0, 0.1) is 12.3 Å². The molecule has 1 aliphatic heterocycles. The number of aliphatic hydroxyl groups excluding tert-OH is 2. The average Bonchev–Trinajstić information content (AvgIpc) is 3.18. The minimum atomic E-state index is -1.50. The van der Waals surface area contributed by atoms with Gasteiger partial charge in [-0.1, -0.05) is 18.2 Å². The molecule has 1 unspecified atom stereocenters. The quantitative estimate of drug-likeness (QED) is 0.110. The highest BCUT2D eigenvalue weighted by Crippen LogP contribution is 2.63. The maximum absolute atomic E-state index is 13.9. The molecule has 10 nitrogen and oxygen atoms in total. The smallest absolute Gasteiger partial charge is 0.342 e. The Bertz CT molecular complexity index is 1770. The van der Waals surface area contributed by atoms with Gasteiger partial charge in [0.2, 0.25) is 5.78 Å². The predicted octanol–water partition coefficient (Wildman–Crippen LogP) is 2.42. The molecule has 3 aromatic carbocycles. The zero-order valence-corrected chi connectivity index (χ0v) is 20.9. The largest absolute Gasteiger partial charge is 0.507 e. The molecule has 0 fully saturated rings. The van der Waals surface area contributed by atoms with Gasteiger partial charge in [0.15, 0.2) is 5.78 Å². The summed E-state index contributed by atoms with van der Waals surface area (Å²) >= 11 is 0. The van der Waals surface area contributed by atoms with E-state index in [4.69, 9.17) is 4.74 Å². The van der Waals surface area contributed by atoms with Gasteiger partial charge in [0, 0.05) is 11.5 Å². The van der Waals surface area contributed by atoms with Crippen molar-refractivity contribution >= 4 is 17.5 Å². The number of phenols is 4. The Balaban J connectivity index is 1.52. The summed E-state index contributed by atoms with van der Waals surface area (Å²) in [6, 6.07) is 6.35. The molecule has 3 aliphatic carbocycles. The molecular weight excluding hydrogens is 520 g/mol. The van der Waals surface area contributed by atoms with E-state index in [2.05, 4.69) is 0 Å². The van der Waals surface area contributed by atoms with Crippen molar-refractivity contribution < 1.29 is 49.8 Å². The Kier molecular flexibility index (Phi) is 4.70. The fourth-order valence-electron chi connectivity index (χ4n) is 7.20. The summed E-state index contributed by atoms with van der Waals surface area (Å²) in [5, 5.41) is 65.5. The Labute approximate surface area is 226 Å². The van der Waals surface area contributed by atoms with Gasteiger partial charge in [0.05, 0.1) is 28.2 Å². The summed E-state index contributed by atoms with van der Waals surface area (Å²) in [5.41, 5.74) is -1.88. The number of carbonyl (C=O) groups is 3. The average molecular weight is 542 g/mol. The van der Waals surface area contributed by atoms with Crippen molar-refractivity contribution in [2.45, 2.75) is 37.6 Å². The maximum Gasteiger partial charge on any atom is 0.342 e. The standard InChI is InChI=1S/C30H22O10/c1-10-6-12-20(17(34)7-10)29(39)40-28-16(33)3-2-13-19-11(9-30(13,28)27(12)38)8-18(35)23-24(19)26(37)22-15(32)5-4-14(31)21(22)25(23)36/h2-8,13,16,27-28,31-35,38H,9H2,1H3/t13-,16?,27+,28-,30+/m1/s1. The topological polar surface area (TPSA) is 182 Å². The van der Waals surface area contributed by atoms with Gasteiger partial charge in [-0.3, -0.25) is 9.59 Å². The molecule has 0 saturated heterocycles. The van der Waals surface area contributed by atoms with Crippen LogP contribution in [0.25, 0.3) is 0 Å². The zero-order valence-electron chi connectivity index (χ0n) is 20.9. The first-order valence-corrected chi connectivity index (χ1v) is 12.6. The molecule has 0 bridgehead atoms. The van der Waals surface area contributed by atoms with Crippen molar-refractivity contribution in [3.63, 3.8) is 0 Å². The molecule has 0 radical (unpaired) electrons. The Hall–Kier alpha value is -4.67. The third-order valence-electron chi connectivity index (χ3n) is 8.76. The predicted molar refractivity (Wildman–Crippen MR) is 136 cm³/mol. The molecule has 202 valence electrons. The summed E-state index contributed by atoms with van der Waals surface area (Å²) in [6.45, 7) is 1.67. The number of carbonyl (C=O) groups excluding carboxylic acids is 3. The third-order valence-corrected chi connectivity index (χ3v) is 8.76. The Morgan fingerprint density at radius 3 is 2.05 bits per heavy atom. The van der Waals surface area contributed by atoms with E-state index < -0.39 is 81.3 Å². The summed E-state index contributed by atoms with van der Waals surface area (Å²) in [6.07, 6.45) is -1.33. The van der Waals surface area contributed by atoms with Crippen LogP contribution in [-0.4, -0.2) is 60.4 Å². The molecule has 0 saturated carbocycles. The number of benzene rings is 3. The highest BCUT2D eigenvalue weighted by Gasteiger charge is 2.63. The Morgan fingerprint density at radius 2 is 1.38 bits per heavy atom. The lowest BCUT2D eigenvalue weighted by Gasteiger charge is -2.46. The summed E-state index contributed by atoms with van der Waals surface area (Å²) < 4.78 is 5.75. The van der Waals surface area contributed by atoms with E-state index in [1.54, 1.807) is 19.1 Å². The fourth-order valence-corrected chi connectivity index (χ4v) is 7.20. The van der Waals surface area contributed by atoms with Crippen LogP contribution in [-0.2, 0) is 11.2 Å². The number of phenolic OH excluding ortho intramolecular Hbond substituents is 4. The molecule has 7 rings (SSSR count). The minimum absolute atomic E-state index is 0.0805. The number of aryl methyl sites for hydroxylation is 1. The summed E-state index contributed by atoms with van der Waals surface area (Å²) in [7, 11) is 0. The number of rotatable bonds is 0. The first-order chi connectivity index (χ1) is 19.0. The van der Waals surface area contributed by atoms with Crippen molar-refractivity contribution in [1.82, 2.24) is 0 Å². The van der Waals surface area contributed by atoms with Crippen molar-refractivity contribution in [3.8, 4) is 23.0 Å². The first-order valence-electron chi connectivity index (χ1n) is 12.6. The minimum Gasteiger partial charge on any atom is -0.507 e. The molecule has 4 aliphatic rings. The normalized spacial score (nSPS) is 27.5. The molecule has 1 spiro atoms. The van der Waals surface area contributed by atoms with E-state index in [0.717, 1.165) is 12.1 Å². The van der Waals surface area contributed by atoms with E-state index in [1.807, 2.05) is 0 Å². The number of esters is 1. The van der Waals surface area contributed by atoms with Crippen LogP contribution in [0.2, 0.25) is 0 Å².